The van der Waals surface area contributed by atoms with E-state index in [4.69, 9.17) is 0 Å². The molecule has 0 aliphatic heterocycles. The molecule has 7 heteroatoms. The molecular formula is C23H31N3O4. The second-order valence-corrected chi connectivity index (χ2v) is 10.1. The Hall–Kier alpha value is -2.44. The number of nitro groups is 1. The molecule has 4 saturated carbocycles. The van der Waals surface area contributed by atoms with Crippen molar-refractivity contribution in [3.8, 4) is 0 Å². The quantitative estimate of drug-likeness (QED) is 0.539. The van der Waals surface area contributed by atoms with Gasteiger partial charge in [0.25, 0.3) is 5.69 Å². The third-order valence-electron chi connectivity index (χ3n) is 7.52. The van der Waals surface area contributed by atoms with Crippen molar-refractivity contribution in [1.82, 2.24) is 5.32 Å². The summed E-state index contributed by atoms with van der Waals surface area (Å²) in [5.41, 5.74) is 0.463. The zero-order chi connectivity index (χ0) is 21.6. The normalized spacial score (nSPS) is 30.2. The highest BCUT2D eigenvalue weighted by Crippen LogP contribution is 2.60. The topological polar surface area (TPSA) is 101 Å². The number of rotatable bonds is 6. The maximum absolute atomic E-state index is 13.4. The van der Waals surface area contributed by atoms with Crippen LogP contribution >= 0.6 is 0 Å². The predicted octanol–water partition coefficient (Wildman–Crippen LogP) is 4.20. The number of benzene rings is 1. The van der Waals surface area contributed by atoms with E-state index >= 15 is 0 Å². The molecule has 0 saturated heterocycles. The SMILES string of the molecule is Cc1c(NC(=O)C(NC(=O)C23CC4CC(CC(C4)C2)C3)C(C)C)cccc1[N+](=O)[O-]. The van der Waals surface area contributed by atoms with Gasteiger partial charge in [-0.1, -0.05) is 19.9 Å². The van der Waals surface area contributed by atoms with Crippen LogP contribution in [0.15, 0.2) is 18.2 Å². The third-order valence-corrected chi connectivity index (χ3v) is 7.52. The number of hydrogen-bond donors (Lipinski definition) is 2. The smallest absolute Gasteiger partial charge is 0.274 e. The molecule has 162 valence electrons. The van der Waals surface area contributed by atoms with Crippen molar-refractivity contribution < 1.29 is 14.5 Å². The molecule has 4 bridgehead atoms. The van der Waals surface area contributed by atoms with E-state index in [1.165, 1.54) is 25.3 Å². The van der Waals surface area contributed by atoms with Crippen LogP contribution in [-0.4, -0.2) is 22.8 Å². The molecule has 4 fully saturated rings. The Balaban J connectivity index is 1.49. The minimum Gasteiger partial charge on any atom is -0.344 e. The molecule has 4 aliphatic carbocycles. The van der Waals surface area contributed by atoms with Crippen molar-refractivity contribution in [2.75, 3.05) is 5.32 Å². The Bertz CT molecular complexity index is 844. The maximum Gasteiger partial charge on any atom is 0.274 e. The van der Waals surface area contributed by atoms with Gasteiger partial charge in [-0.05, 0) is 75.2 Å². The van der Waals surface area contributed by atoms with E-state index in [1.54, 1.807) is 19.1 Å². The molecular weight excluding hydrogens is 382 g/mol. The van der Waals surface area contributed by atoms with Crippen LogP contribution in [0.25, 0.3) is 0 Å². The molecule has 1 atom stereocenters. The third kappa shape index (κ3) is 3.70. The standard InChI is InChI=1S/C23H31N3O4/c1-13(2)20(21(27)24-18-5-4-6-19(14(18)3)26(29)30)25-22(28)23-10-15-7-16(11-23)9-17(8-15)12-23/h4-6,13,15-17,20H,7-12H2,1-3H3,(H,24,27)(H,25,28). The van der Waals surface area contributed by atoms with Crippen molar-refractivity contribution in [3.63, 3.8) is 0 Å². The molecule has 5 rings (SSSR count). The molecule has 2 N–H and O–H groups in total. The first-order chi connectivity index (χ1) is 14.2. The van der Waals surface area contributed by atoms with Crippen LogP contribution < -0.4 is 10.6 Å². The lowest BCUT2D eigenvalue weighted by molar-refractivity contribution is -0.385. The number of hydrogen-bond acceptors (Lipinski definition) is 4. The molecule has 0 radical (unpaired) electrons. The van der Waals surface area contributed by atoms with E-state index in [1.807, 2.05) is 13.8 Å². The first-order valence-electron chi connectivity index (χ1n) is 11.0. The molecule has 1 unspecified atom stereocenters. The van der Waals surface area contributed by atoms with Crippen molar-refractivity contribution in [1.29, 1.82) is 0 Å². The molecule has 30 heavy (non-hydrogen) atoms. The number of carbonyl (C=O) groups is 2. The summed E-state index contributed by atoms with van der Waals surface area (Å²) in [6.45, 7) is 5.43. The van der Waals surface area contributed by atoms with Gasteiger partial charge in [-0.15, -0.1) is 0 Å². The lowest BCUT2D eigenvalue weighted by Gasteiger charge is -2.55. The minimum absolute atomic E-state index is 0.0196. The summed E-state index contributed by atoms with van der Waals surface area (Å²) in [6, 6.07) is 3.95. The molecule has 0 aromatic heterocycles. The summed E-state index contributed by atoms with van der Waals surface area (Å²) in [5.74, 6) is 1.56. The van der Waals surface area contributed by atoms with Crippen LogP contribution in [0.4, 0.5) is 11.4 Å². The highest BCUT2D eigenvalue weighted by molar-refractivity contribution is 5.99. The van der Waals surface area contributed by atoms with Gasteiger partial charge in [0.05, 0.1) is 16.2 Å². The molecule has 1 aromatic rings. The fourth-order valence-corrected chi connectivity index (χ4v) is 6.39. The van der Waals surface area contributed by atoms with Crippen molar-refractivity contribution in [2.45, 2.75) is 65.3 Å². The van der Waals surface area contributed by atoms with Gasteiger partial charge in [0.1, 0.15) is 6.04 Å². The Morgan fingerprint density at radius 2 is 1.67 bits per heavy atom. The van der Waals surface area contributed by atoms with Gasteiger partial charge in [-0.25, -0.2) is 0 Å². The first kappa shape index (κ1) is 20.8. The highest BCUT2D eigenvalue weighted by Gasteiger charge is 2.55. The zero-order valence-electron chi connectivity index (χ0n) is 17.9. The number of nitrogens with one attached hydrogen (secondary N) is 2. The van der Waals surface area contributed by atoms with Crippen LogP contribution in [0.3, 0.4) is 0 Å². The van der Waals surface area contributed by atoms with E-state index in [0.717, 1.165) is 19.3 Å². The van der Waals surface area contributed by atoms with Gasteiger partial charge in [0.2, 0.25) is 11.8 Å². The van der Waals surface area contributed by atoms with Gasteiger partial charge in [0, 0.05) is 11.5 Å². The van der Waals surface area contributed by atoms with Crippen LogP contribution in [-0.2, 0) is 9.59 Å². The number of carbonyl (C=O) groups excluding carboxylic acids is 2. The maximum atomic E-state index is 13.4. The summed E-state index contributed by atoms with van der Waals surface area (Å²) >= 11 is 0. The lowest BCUT2D eigenvalue weighted by Crippen LogP contribution is -2.57. The fourth-order valence-electron chi connectivity index (χ4n) is 6.39. The number of amides is 2. The van der Waals surface area contributed by atoms with E-state index in [-0.39, 0.29) is 28.8 Å². The van der Waals surface area contributed by atoms with Crippen molar-refractivity contribution in [2.24, 2.45) is 29.1 Å². The predicted molar refractivity (Wildman–Crippen MR) is 114 cm³/mol. The molecule has 7 nitrogen and oxygen atoms in total. The number of nitro benzene ring substituents is 1. The molecule has 0 heterocycles. The molecule has 4 aliphatic rings. The Morgan fingerprint density at radius 3 is 2.17 bits per heavy atom. The first-order valence-corrected chi connectivity index (χ1v) is 11.0. The van der Waals surface area contributed by atoms with Crippen LogP contribution in [0, 0.1) is 46.1 Å². The monoisotopic (exact) mass is 413 g/mol. The zero-order valence-corrected chi connectivity index (χ0v) is 17.9. The average molecular weight is 414 g/mol. The van der Waals surface area contributed by atoms with Gasteiger partial charge < -0.3 is 10.6 Å². The van der Waals surface area contributed by atoms with E-state index in [0.29, 0.717) is 29.0 Å². The van der Waals surface area contributed by atoms with Crippen LogP contribution in [0.1, 0.15) is 57.9 Å². The number of nitrogens with zero attached hydrogens (tertiary/aromatic N) is 1. The summed E-state index contributed by atoms with van der Waals surface area (Å²) in [7, 11) is 0. The molecule has 0 spiro atoms. The summed E-state index contributed by atoms with van der Waals surface area (Å²) in [6.07, 6.45) is 6.61. The second-order valence-electron chi connectivity index (χ2n) is 10.1. The summed E-state index contributed by atoms with van der Waals surface area (Å²) in [5, 5.41) is 17.1. The van der Waals surface area contributed by atoms with Gasteiger partial charge >= 0.3 is 0 Å². The highest BCUT2D eigenvalue weighted by atomic mass is 16.6. The van der Waals surface area contributed by atoms with E-state index in [9.17, 15) is 19.7 Å². The van der Waals surface area contributed by atoms with Gasteiger partial charge in [-0.2, -0.15) is 0 Å². The van der Waals surface area contributed by atoms with Crippen molar-refractivity contribution >= 4 is 23.2 Å². The Kier molecular flexibility index (Phi) is 5.32. The molecule has 2 amide bonds. The van der Waals surface area contributed by atoms with E-state index in [2.05, 4.69) is 10.6 Å². The number of anilines is 1. The minimum atomic E-state index is -0.677. The molecule has 1 aromatic carbocycles. The lowest BCUT2D eigenvalue weighted by atomic mass is 9.49. The second kappa shape index (κ2) is 7.67. The Labute approximate surface area is 177 Å². The van der Waals surface area contributed by atoms with E-state index < -0.39 is 11.0 Å². The van der Waals surface area contributed by atoms with Crippen LogP contribution in [0.2, 0.25) is 0 Å². The average Bonchev–Trinajstić information content (AvgIpc) is 2.65. The summed E-state index contributed by atoms with van der Waals surface area (Å²) in [4.78, 5) is 37.2. The van der Waals surface area contributed by atoms with Gasteiger partial charge in [0.15, 0.2) is 0 Å². The largest absolute Gasteiger partial charge is 0.344 e. The van der Waals surface area contributed by atoms with Crippen LogP contribution in [0.5, 0.6) is 0 Å². The fraction of sp³-hybridized carbons (Fsp3) is 0.652. The van der Waals surface area contributed by atoms with Gasteiger partial charge in [-0.3, -0.25) is 19.7 Å². The Morgan fingerprint density at radius 1 is 1.10 bits per heavy atom. The summed E-state index contributed by atoms with van der Waals surface area (Å²) < 4.78 is 0. The van der Waals surface area contributed by atoms with Crippen molar-refractivity contribution in [3.05, 3.63) is 33.9 Å².